The molecule has 3 aromatic rings. The summed E-state index contributed by atoms with van der Waals surface area (Å²) in [6.45, 7) is 1.04. The second kappa shape index (κ2) is 9.11. The van der Waals surface area contributed by atoms with E-state index < -0.39 is 28.9 Å². The summed E-state index contributed by atoms with van der Waals surface area (Å²) in [5.74, 6) is -1.66. The Morgan fingerprint density at radius 3 is 2.62 bits per heavy atom. The molecule has 1 aromatic carbocycles. The Morgan fingerprint density at radius 1 is 1.22 bits per heavy atom. The number of halogens is 1. The van der Waals surface area contributed by atoms with Crippen LogP contribution in [0, 0.1) is 0 Å². The molecule has 2 aromatic heterocycles. The van der Waals surface area contributed by atoms with E-state index in [0.29, 0.717) is 23.1 Å². The number of aromatic nitrogens is 1. The van der Waals surface area contributed by atoms with Crippen LogP contribution >= 0.6 is 22.9 Å². The van der Waals surface area contributed by atoms with E-state index in [9.17, 15) is 24.3 Å². The number of nitrogens with one attached hydrogen (secondary N) is 2. The average Bonchev–Trinajstić information content (AvgIpc) is 3.47. The molecule has 32 heavy (non-hydrogen) atoms. The Morgan fingerprint density at radius 2 is 1.97 bits per heavy atom. The molecule has 0 spiro atoms. The number of imide groups is 1. The Kier molecular flexibility index (Phi) is 6.26. The van der Waals surface area contributed by atoms with Gasteiger partial charge in [0.1, 0.15) is 11.3 Å². The van der Waals surface area contributed by atoms with Crippen LogP contribution in [-0.2, 0) is 6.54 Å². The van der Waals surface area contributed by atoms with E-state index in [4.69, 9.17) is 11.6 Å². The summed E-state index contributed by atoms with van der Waals surface area (Å²) < 4.78 is 0. The topological polar surface area (TPSA) is 123 Å². The van der Waals surface area contributed by atoms with Crippen molar-refractivity contribution < 1.29 is 19.5 Å². The van der Waals surface area contributed by atoms with E-state index in [1.807, 2.05) is 5.38 Å². The van der Waals surface area contributed by atoms with Crippen LogP contribution in [0.5, 0.6) is 0 Å². The summed E-state index contributed by atoms with van der Waals surface area (Å²) in [5.41, 5.74) is 1.30. The first-order chi connectivity index (χ1) is 15.4. The Balaban J connectivity index is 1.81. The van der Waals surface area contributed by atoms with E-state index >= 15 is 0 Å². The zero-order valence-electron chi connectivity index (χ0n) is 16.8. The maximum absolute atomic E-state index is 13.3. The van der Waals surface area contributed by atoms with Crippen molar-refractivity contribution in [3.8, 4) is 0 Å². The zero-order valence-corrected chi connectivity index (χ0v) is 18.3. The predicted octanol–water partition coefficient (Wildman–Crippen LogP) is 3.30. The number of likely N-dealkylation sites (tertiary alicyclic amines) is 1. The number of hydrazine groups is 1. The molecule has 3 amide bonds. The second-order valence-corrected chi connectivity index (χ2v) is 8.70. The smallest absolute Gasteiger partial charge is 0.429 e. The van der Waals surface area contributed by atoms with Crippen molar-refractivity contribution in [2.24, 2.45) is 0 Å². The highest BCUT2D eigenvalue weighted by Gasteiger charge is 2.33. The fourth-order valence-corrected chi connectivity index (χ4v) is 4.42. The number of benzene rings is 1. The van der Waals surface area contributed by atoms with E-state index in [0.717, 1.165) is 17.7 Å². The summed E-state index contributed by atoms with van der Waals surface area (Å²) in [4.78, 5) is 56.8. The van der Waals surface area contributed by atoms with E-state index in [-0.39, 0.29) is 23.1 Å². The lowest BCUT2D eigenvalue weighted by Crippen LogP contribution is -2.48. The van der Waals surface area contributed by atoms with Gasteiger partial charge in [0.15, 0.2) is 0 Å². The first-order valence-electron chi connectivity index (χ1n) is 9.85. The zero-order chi connectivity index (χ0) is 22.8. The summed E-state index contributed by atoms with van der Waals surface area (Å²) >= 11 is 7.42. The van der Waals surface area contributed by atoms with Gasteiger partial charge in [0.25, 0.3) is 11.8 Å². The molecule has 3 heterocycles. The van der Waals surface area contributed by atoms with Gasteiger partial charge in [-0.3, -0.25) is 14.4 Å². The SMILES string of the molecule is O=C(c1[nH]c2cc(Cl)ccc2c(=O)c1C(=O)N(NCc1cccs1)C(=O)O)N1CCCC1. The van der Waals surface area contributed by atoms with Gasteiger partial charge in [-0.15, -0.1) is 11.3 Å². The fraction of sp³-hybridized carbons (Fsp3) is 0.238. The third kappa shape index (κ3) is 4.24. The fourth-order valence-electron chi connectivity index (χ4n) is 3.61. The molecule has 9 nitrogen and oxygen atoms in total. The van der Waals surface area contributed by atoms with Gasteiger partial charge >= 0.3 is 6.09 Å². The molecule has 0 radical (unpaired) electrons. The summed E-state index contributed by atoms with van der Waals surface area (Å²) in [5, 5.41) is 12.3. The molecule has 0 unspecified atom stereocenters. The highest BCUT2D eigenvalue weighted by molar-refractivity contribution is 7.09. The van der Waals surface area contributed by atoms with Gasteiger partial charge in [-0.25, -0.2) is 10.2 Å². The lowest BCUT2D eigenvalue weighted by atomic mass is 10.1. The van der Waals surface area contributed by atoms with Gasteiger partial charge in [-0.05, 0) is 42.5 Å². The predicted molar refractivity (Wildman–Crippen MR) is 120 cm³/mol. The van der Waals surface area contributed by atoms with Gasteiger partial charge in [0.2, 0.25) is 5.43 Å². The van der Waals surface area contributed by atoms with Gasteiger partial charge in [-0.2, -0.15) is 5.01 Å². The number of amides is 3. The van der Waals surface area contributed by atoms with Crippen LogP contribution in [0.4, 0.5) is 4.79 Å². The number of fused-ring (bicyclic) bond motifs is 1. The standard InChI is InChI=1S/C21H19ClN4O5S/c22-12-5-6-14-15(10-12)24-17(20(29)25-7-1-2-8-25)16(18(14)27)19(28)26(21(30)31)23-11-13-4-3-9-32-13/h3-6,9-10,23H,1-2,7-8,11H2,(H,24,27)(H,30,31). The molecule has 1 fully saturated rings. The Bertz CT molecular complexity index is 1250. The third-order valence-electron chi connectivity index (χ3n) is 5.17. The van der Waals surface area contributed by atoms with Gasteiger partial charge in [-0.1, -0.05) is 17.7 Å². The first-order valence-corrected chi connectivity index (χ1v) is 11.1. The van der Waals surface area contributed by atoms with Gasteiger partial charge in [0.05, 0.1) is 12.1 Å². The minimum absolute atomic E-state index is 0.0617. The van der Waals surface area contributed by atoms with Crippen LogP contribution in [0.1, 0.15) is 38.6 Å². The molecule has 1 saturated heterocycles. The molecule has 166 valence electrons. The maximum Gasteiger partial charge on any atom is 0.429 e. The Labute approximate surface area is 191 Å². The van der Waals surface area contributed by atoms with E-state index in [1.165, 1.54) is 34.4 Å². The number of pyridine rings is 1. The largest absolute Gasteiger partial charge is 0.464 e. The van der Waals surface area contributed by atoms with Crippen molar-refractivity contribution in [2.75, 3.05) is 13.1 Å². The number of hydrogen-bond donors (Lipinski definition) is 3. The lowest BCUT2D eigenvalue weighted by Gasteiger charge is -2.21. The number of carbonyl (C=O) groups is 3. The van der Waals surface area contributed by atoms with E-state index in [2.05, 4.69) is 10.4 Å². The minimum atomic E-state index is -1.60. The maximum atomic E-state index is 13.3. The van der Waals surface area contributed by atoms with Crippen molar-refractivity contribution in [3.05, 3.63) is 67.1 Å². The number of aromatic amines is 1. The number of thiophene rings is 1. The molecular formula is C21H19ClN4O5S. The molecule has 0 aliphatic carbocycles. The number of hydrogen-bond acceptors (Lipinski definition) is 6. The highest BCUT2D eigenvalue weighted by atomic mass is 35.5. The molecule has 4 rings (SSSR count). The number of carbonyl (C=O) groups excluding carboxylic acids is 2. The van der Waals surface area contributed by atoms with Crippen molar-refractivity contribution in [1.29, 1.82) is 0 Å². The second-order valence-electron chi connectivity index (χ2n) is 7.23. The van der Waals surface area contributed by atoms with Crippen molar-refractivity contribution in [3.63, 3.8) is 0 Å². The first kappa shape index (κ1) is 22.0. The number of rotatable bonds is 5. The summed E-state index contributed by atoms with van der Waals surface area (Å²) in [6, 6.07) is 7.97. The summed E-state index contributed by atoms with van der Waals surface area (Å²) in [7, 11) is 0. The van der Waals surface area contributed by atoms with Gasteiger partial charge < -0.3 is 15.0 Å². The molecule has 0 bridgehead atoms. The number of carboxylic acid groups (broad SMARTS) is 1. The van der Waals surface area contributed by atoms with Crippen LogP contribution in [-0.4, -0.2) is 51.0 Å². The molecule has 1 aliphatic heterocycles. The van der Waals surface area contributed by atoms with Crippen LogP contribution in [0.25, 0.3) is 10.9 Å². The minimum Gasteiger partial charge on any atom is -0.464 e. The van der Waals surface area contributed by atoms with Crippen LogP contribution < -0.4 is 10.9 Å². The molecule has 3 N–H and O–H groups in total. The summed E-state index contributed by atoms with van der Waals surface area (Å²) in [6.07, 6.45) is 0.0200. The average molecular weight is 475 g/mol. The van der Waals surface area contributed by atoms with Gasteiger partial charge in [0, 0.05) is 28.4 Å². The third-order valence-corrected chi connectivity index (χ3v) is 6.28. The highest BCUT2D eigenvalue weighted by Crippen LogP contribution is 2.21. The lowest BCUT2D eigenvalue weighted by molar-refractivity contribution is 0.0630. The number of nitrogens with zero attached hydrogens (tertiary/aromatic N) is 2. The quantitative estimate of drug-likeness (QED) is 0.487. The Hall–Kier alpha value is -3.21. The normalized spacial score (nSPS) is 13.5. The van der Waals surface area contributed by atoms with Crippen molar-refractivity contribution in [2.45, 2.75) is 19.4 Å². The molecular weight excluding hydrogens is 456 g/mol. The van der Waals surface area contributed by atoms with E-state index in [1.54, 1.807) is 12.1 Å². The molecule has 0 atom stereocenters. The van der Waals surface area contributed by atoms with Crippen LogP contribution in [0.2, 0.25) is 5.02 Å². The monoisotopic (exact) mass is 474 g/mol. The molecule has 11 heteroatoms. The molecule has 0 saturated carbocycles. The van der Waals surface area contributed by atoms with Crippen molar-refractivity contribution >= 4 is 51.7 Å². The number of H-pyrrole nitrogens is 1. The van der Waals surface area contributed by atoms with Crippen LogP contribution in [0.3, 0.4) is 0 Å². The molecule has 1 aliphatic rings. The van der Waals surface area contributed by atoms with Crippen molar-refractivity contribution in [1.82, 2.24) is 20.3 Å². The van der Waals surface area contributed by atoms with Crippen LogP contribution in [0.15, 0.2) is 40.5 Å².